The van der Waals surface area contributed by atoms with Crippen molar-refractivity contribution in [2.24, 2.45) is 17.8 Å². The van der Waals surface area contributed by atoms with Crippen molar-refractivity contribution in [3.63, 3.8) is 0 Å². The van der Waals surface area contributed by atoms with Gasteiger partial charge in [-0.3, -0.25) is 19.2 Å². The fourth-order valence-corrected chi connectivity index (χ4v) is 8.46. The lowest BCUT2D eigenvalue weighted by Crippen LogP contribution is -2.66. The lowest BCUT2D eigenvalue weighted by atomic mass is 9.82. The van der Waals surface area contributed by atoms with Crippen molar-refractivity contribution in [1.82, 2.24) is 4.90 Å². The zero-order valence-corrected chi connectivity index (χ0v) is 38.6. The van der Waals surface area contributed by atoms with E-state index in [1.807, 2.05) is 26.8 Å². The monoisotopic (exact) mass is 883 g/mol. The van der Waals surface area contributed by atoms with Crippen LogP contribution in [0.4, 0.5) is 0 Å². The number of aldehydes is 1. The van der Waals surface area contributed by atoms with Crippen molar-refractivity contribution in [2.75, 3.05) is 21.2 Å². The van der Waals surface area contributed by atoms with Crippen molar-refractivity contribution in [2.45, 2.75) is 193 Å². The molecule has 3 aliphatic rings. The van der Waals surface area contributed by atoms with Gasteiger partial charge < -0.3 is 62.5 Å². The normalized spacial score (nSPS) is 38.7. The van der Waals surface area contributed by atoms with Crippen molar-refractivity contribution in [3.8, 4) is 0 Å². The summed E-state index contributed by atoms with van der Waals surface area (Å²) in [5.41, 5.74) is -1.51. The first kappa shape index (κ1) is 53.1. The molecule has 16 atom stereocenters. The van der Waals surface area contributed by atoms with Crippen molar-refractivity contribution in [1.29, 1.82) is 0 Å². The molecule has 62 heavy (non-hydrogen) atoms. The Balaban J connectivity index is 2.03. The number of likely N-dealkylation sites (N-methyl/N-ethyl adjacent to an activating group) is 1. The molecule has 2 saturated heterocycles. The van der Waals surface area contributed by atoms with Gasteiger partial charge in [0.1, 0.15) is 48.5 Å². The Labute approximate surface area is 367 Å². The standard InChI is InChI=1S/C45H73NO16/c1-13-34(49)59-32-18-16-14-15-17-27(5)55-36(51)23-33(58-30(8)48)42(54-12)41(31(19-20-47)22-26(32)4)62-44-39(52)38(46(10)11)40(28(6)57-44)61-37-24-45(9,53)43(29(7)56-37)60-35(50)21-25(2)3/h14-16,18,20,25-29,31-33,37-44,52-53H,13,17,19,21-24H2,1-12H3/b15-14-,18-16-/t26-,27+,28-,29+,31-,32-,33+,37-,38-,39+,40+,41-,42+,43-,44+,45+/m1/s1. The average molecular weight is 884 g/mol. The number of carbonyl (C=O) groups is 5. The van der Waals surface area contributed by atoms with Crippen molar-refractivity contribution < 1.29 is 76.8 Å². The minimum atomic E-state index is -1.51. The molecular weight excluding hydrogens is 810 g/mol. The van der Waals surface area contributed by atoms with Crippen LogP contribution in [0, 0.1) is 17.8 Å². The number of rotatable bonds is 14. The van der Waals surface area contributed by atoms with Gasteiger partial charge in [-0.1, -0.05) is 45.9 Å². The van der Waals surface area contributed by atoms with Crippen LogP contribution in [0.3, 0.4) is 0 Å². The molecule has 0 bridgehead atoms. The van der Waals surface area contributed by atoms with Gasteiger partial charge in [-0.15, -0.1) is 0 Å². The minimum absolute atomic E-state index is 0.0572. The summed E-state index contributed by atoms with van der Waals surface area (Å²) < 4.78 is 54.7. The van der Waals surface area contributed by atoms with Gasteiger partial charge >= 0.3 is 23.9 Å². The Kier molecular flexibility index (Phi) is 21.1. The predicted molar refractivity (Wildman–Crippen MR) is 224 cm³/mol. The van der Waals surface area contributed by atoms with Crippen LogP contribution in [0.15, 0.2) is 24.3 Å². The van der Waals surface area contributed by atoms with E-state index in [1.54, 1.807) is 71.8 Å². The first-order chi connectivity index (χ1) is 29.1. The van der Waals surface area contributed by atoms with E-state index in [2.05, 4.69) is 0 Å². The summed E-state index contributed by atoms with van der Waals surface area (Å²) in [4.78, 5) is 65.3. The highest BCUT2D eigenvalue weighted by molar-refractivity contribution is 5.72. The smallest absolute Gasteiger partial charge is 0.309 e. The zero-order chi connectivity index (χ0) is 46.5. The van der Waals surface area contributed by atoms with E-state index in [9.17, 15) is 34.2 Å². The highest BCUT2D eigenvalue weighted by Crippen LogP contribution is 2.38. The molecule has 3 heterocycles. The molecule has 0 aromatic carbocycles. The molecule has 3 aliphatic heterocycles. The summed E-state index contributed by atoms with van der Waals surface area (Å²) in [5.74, 6) is -3.31. The number of ether oxygens (including phenoxy) is 9. The summed E-state index contributed by atoms with van der Waals surface area (Å²) in [7, 11) is 4.85. The van der Waals surface area contributed by atoms with E-state index in [1.165, 1.54) is 14.0 Å². The van der Waals surface area contributed by atoms with E-state index in [0.29, 0.717) is 12.7 Å². The first-order valence-corrected chi connectivity index (χ1v) is 21.9. The van der Waals surface area contributed by atoms with Gasteiger partial charge in [-0.25, -0.2) is 0 Å². The molecule has 3 rings (SSSR count). The molecule has 2 fully saturated rings. The third-order valence-corrected chi connectivity index (χ3v) is 11.4. The predicted octanol–water partition coefficient (Wildman–Crippen LogP) is 3.97. The Morgan fingerprint density at radius 2 is 1.68 bits per heavy atom. The highest BCUT2D eigenvalue weighted by atomic mass is 16.7. The van der Waals surface area contributed by atoms with Gasteiger partial charge in [0.15, 0.2) is 18.7 Å². The number of nitrogens with zero attached hydrogens (tertiary/aromatic N) is 1. The maximum absolute atomic E-state index is 13.4. The Morgan fingerprint density at radius 3 is 2.26 bits per heavy atom. The Bertz CT molecular complexity index is 1520. The second kappa shape index (κ2) is 24.7. The van der Waals surface area contributed by atoms with Crippen LogP contribution in [0.2, 0.25) is 0 Å². The zero-order valence-electron chi connectivity index (χ0n) is 38.6. The van der Waals surface area contributed by atoms with E-state index < -0.39 is 127 Å². The number of esters is 4. The maximum Gasteiger partial charge on any atom is 0.309 e. The SMILES string of the molecule is CCC(=O)O[C@@H]1/C=C\C=C/C[C@H](C)OC(=O)C[C@H](OC(C)=O)[C@H](OC)[C@H](O[C@@H]2O[C@H](C)[C@H](O[C@@H]3C[C@](C)(O)[C@H](OC(=O)CC(C)C)[C@H](C)O3)[C@H](N(C)C)[C@@H]2O)[C@H](CC=O)C[C@H]1C. The number of cyclic esters (lactones) is 1. The Morgan fingerprint density at radius 1 is 0.984 bits per heavy atom. The molecular formula is C45H73NO16. The van der Waals surface area contributed by atoms with Crippen LogP contribution in [0.5, 0.6) is 0 Å². The van der Waals surface area contributed by atoms with Crippen LogP contribution >= 0.6 is 0 Å². The van der Waals surface area contributed by atoms with Gasteiger partial charge in [0.05, 0.1) is 30.8 Å². The van der Waals surface area contributed by atoms with E-state index >= 15 is 0 Å². The van der Waals surface area contributed by atoms with Crippen LogP contribution < -0.4 is 0 Å². The van der Waals surface area contributed by atoms with Gasteiger partial charge in [0.2, 0.25) is 0 Å². The maximum atomic E-state index is 13.4. The van der Waals surface area contributed by atoms with Crippen molar-refractivity contribution in [3.05, 3.63) is 24.3 Å². The quantitative estimate of drug-likeness (QED) is 0.144. The van der Waals surface area contributed by atoms with E-state index in [0.717, 1.165) is 0 Å². The summed E-state index contributed by atoms with van der Waals surface area (Å²) in [6, 6.07) is -0.804. The molecule has 354 valence electrons. The third-order valence-electron chi connectivity index (χ3n) is 11.4. The average Bonchev–Trinajstić information content (AvgIpc) is 3.15. The number of hydrogen-bond donors (Lipinski definition) is 2. The van der Waals surface area contributed by atoms with E-state index in [-0.39, 0.29) is 38.0 Å². The van der Waals surface area contributed by atoms with E-state index in [4.69, 9.17) is 42.6 Å². The highest BCUT2D eigenvalue weighted by Gasteiger charge is 2.53. The van der Waals surface area contributed by atoms with Gasteiger partial charge in [0.25, 0.3) is 0 Å². The summed E-state index contributed by atoms with van der Waals surface area (Å²) in [6.45, 7) is 15.2. The fourth-order valence-electron chi connectivity index (χ4n) is 8.46. The number of methoxy groups -OCH3 is 1. The van der Waals surface area contributed by atoms with Gasteiger partial charge in [-0.2, -0.15) is 0 Å². The molecule has 17 heteroatoms. The molecule has 0 aromatic heterocycles. The lowest BCUT2D eigenvalue weighted by Gasteiger charge is -2.50. The molecule has 2 N–H and O–H groups in total. The Hall–Kier alpha value is -3.29. The molecule has 0 aromatic rings. The number of aliphatic hydroxyl groups is 2. The van der Waals surface area contributed by atoms with Crippen LogP contribution in [0.25, 0.3) is 0 Å². The number of allylic oxidation sites excluding steroid dienone is 2. The molecule has 0 spiro atoms. The van der Waals surface area contributed by atoms with Crippen LogP contribution in [-0.2, 0) is 66.6 Å². The molecule has 0 radical (unpaired) electrons. The summed E-state index contributed by atoms with van der Waals surface area (Å²) in [6.07, 6.45) is -3.95. The van der Waals surface area contributed by atoms with Crippen molar-refractivity contribution >= 4 is 30.2 Å². The van der Waals surface area contributed by atoms with Gasteiger partial charge in [0, 0.05) is 46.1 Å². The number of carbonyl (C=O) groups excluding carboxylic acids is 5. The molecule has 0 unspecified atom stereocenters. The largest absolute Gasteiger partial charge is 0.462 e. The van der Waals surface area contributed by atoms with Crippen LogP contribution in [-0.4, -0.2) is 152 Å². The van der Waals surface area contributed by atoms with Gasteiger partial charge in [-0.05, 0) is 72.0 Å². The molecule has 0 amide bonds. The molecule has 0 saturated carbocycles. The second-order valence-electron chi connectivity index (χ2n) is 17.8. The minimum Gasteiger partial charge on any atom is -0.462 e. The fraction of sp³-hybridized carbons (Fsp3) is 0.800. The number of aliphatic hydroxyl groups excluding tert-OH is 1. The topological polar surface area (TPSA) is 212 Å². The summed E-state index contributed by atoms with van der Waals surface area (Å²) >= 11 is 0. The lowest BCUT2D eigenvalue weighted by molar-refractivity contribution is -0.344. The number of hydrogen-bond acceptors (Lipinski definition) is 17. The molecule has 0 aliphatic carbocycles. The first-order valence-electron chi connectivity index (χ1n) is 21.9. The third kappa shape index (κ3) is 15.5. The summed E-state index contributed by atoms with van der Waals surface area (Å²) in [5, 5.41) is 23.7. The molecule has 17 nitrogen and oxygen atoms in total. The second-order valence-corrected chi connectivity index (χ2v) is 17.8. The van der Waals surface area contributed by atoms with Crippen LogP contribution in [0.1, 0.15) is 107 Å².